The van der Waals surface area contributed by atoms with Crippen molar-refractivity contribution in [3.63, 3.8) is 0 Å². The zero-order valence-corrected chi connectivity index (χ0v) is 18.2. The number of H-pyrrole nitrogens is 1. The smallest absolute Gasteiger partial charge is 0.254 e. The molecule has 2 aromatic heterocycles. The zero-order chi connectivity index (χ0) is 22.9. The first kappa shape index (κ1) is 21.0. The average molecular weight is 444 g/mol. The Kier molecular flexibility index (Phi) is 5.43. The molecule has 5 rings (SSSR count). The third-order valence-corrected chi connectivity index (χ3v) is 6.10. The Morgan fingerprint density at radius 3 is 2.91 bits per heavy atom. The summed E-state index contributed by atoms with van der Waals surface area (Å²) in [6, 6.07) is 14.1. The van der Waals surface area contributed by atoms with Gasteiger partial charge in [-0.3, -0.25) is 4.79 Å². The van der Waals surface area contributed by atoms with Crippen molar-refractivity contribution in [1.29, 1.82) is 0 Å². The van der Waals surface area contributed by atoms with Crippen molar-refractivity contribution in [2.24, 2.45) is 0 Å². The summed E-state index contributed by atoms with van der Waals surface area (Å²) in [6.45, 7) is 0.619. The van der Waals surface area contributed by atoms with Gasteiger partial charge in [0.1, 0.15) is 11.6 Å². The number of pyridine rings is 1. The van der Waals surface area contributed by atoms with E-state index < -0.39 is 0 Å². The minimum atomic E-state index is -0.130. The van der Waals surface area contributed by atoms with Crippen LogP contribution in [0.15, 0.2) is 54.7 Å². The Hall–Kier alpha value is -3.91. The van der Waals surface area contributed by atoms with Gasteiger partial charge in [-0.05, 0) is 60.9 Å². The van der Waals surface area contributed by atoms with E-state index >= 15 is 0 Å². The first-order valence-electron chi connectivity index (χ1n) is 10.8. The fraction of sp³-hybridized carbons (Fsp3) is 0.240. The van der Waals surface area contributed by atoms with Gasteiger partial charge in [-0.15, -0.1) is 0 Å². The van der Waals surface area contributed by atoms with Crippen LogP contribution in [-0.2, 0) is 0 Å². The number of aliphatic hydroxyl groups is 1. The second kappa shape index (κ2) is 8.55. The summed E-state index contributed by atoms with van der Waals surface area (Å²) in [5, 5.41) is 20.1. The van der Waals surface area contributed by atoms with Crippen molar-refractivity contribution < 1.29 is 19.7 Å². The number of nitrogens with zero attached hydrogens (tertiary/aromatic N) is 3. The van der Waals surface area contributed by atoms with E-state index in [4.69, 9.17) is 4.74 Å². The van der Waals surface area contributed by atoms with E-state index in [2.05, 4.69) is 15.0 Å². The predicted octanol–water partition coefficient (Wildman–Crippen LogP) is 3.60. The van der Waals surface area contributed by atoms with Crippen molar-refractivity contribution in [3.05, 3.63) is 60.3 Å². The molecule has 3 N–H and O–H groups in total. The summed E-state index contributed by atoms with van der Waals surface area (Å²) in [7, 11) is 1.57. The molecular weight excluding hydrogens is 420 g/mol. The lowest BCUT2D eigenvalue weighted by molar-refractivity contribution is 0.0678. The van der Waals surface area contributed by atoms with Crippen LogP contribution < -0.4 is 4.74 Å². The van der Waals surface area contributed by atoms with E-state index in [9.17, 15) is 15.0 Å². The minimum absolute atomic E-state index is 0.0282. The standard InChI is InChI=1S/C25H24N4O4/c1-33-24-18(5-2-10-26-24)15-7-9-22(31)19(12-15)23-27-20-8-6-16(13-21(20)28-23)25(32)29-11-3-4-17(29)14-30/h2,5-10,12-13,17,30-31H,3-4,11,14H2,1H3,(H,27,28)/t17-/m0/s1. The topological polar surface area (TPSA) is 112 Å². The van der Waals surface area contributed by atoms with Gasteiger partial charge in [0.05, 0.1) is 36.4 Å². The van der Waals surface area contributed by atoms with Crippen LogP contribution in [0.5, 0.6) is 11.6 Å². The fourth-order valence-electron chi connectivity index (χ4n) is 4.40. The molecule has 1 atom stereocenters. The number of aromatic amines is 1. The van der Waals surface area contributed by atoms with Crippen LogP contribution in [0.3, 0.4) is 0 Å². The van der Waals surface area contributed by atoms with Crippen LogP contribution in [-0.4, -0.2) is 62.3 Å². The molecule has 0 bridgehead atoms. The van der Waals surface area contributed by atoms with E-state index in [1.54, 1.807) is 48.5 Å². The van der Waals surface area contributed by atoms with E-state index in [1.807, 2.05) is 18.2 Å². The molecule has 0 saturated carbocycles. The van der Waals surface area contributed by atoms with Crippen molar-refractivity contribution in [2.45, 2.75) is 18.9 Å². The molecule has 168 valence electrons. The number of carbonyl (C=O) groups is 1. The Morgan fingerprint density at radius 2 is 2.09 bits per heavy atom. The van der Waals surface area contributed by atoms with E-state index in [0.717, 1.165) is 24.0 Å². The number of aromatic hydroxyl groups is 1. The molecule has 3 heterocycles. The number of aromatic nitrogens is 3. The van der Waals surface area contributed by atoms with Gasteiger partial charge in [-0.25, -0.2) is 9.97 Å². The number of hydrogen-bond donors (Lipinski definition) is 3. The molecule has 4 aromatic rings. The summed E-state index contributed by atoms with van der Waals surface area (Å²) in [5.41, 5.74) is 4.07. The number of amides is 1. The first-order chi connectivity index (χ1) is 16.1. The van der Waals surface area contributed by atoms with Gasteiger partial charge in [0.15, 0.2) is 0 Å². The van der Waals surface area contributed by atoms with Gasteiger partial charge in [-0.2, -0.15) is 0 Å². The summed E-state index contributed by atoms with van der Waals surface area (Å²) in [6.07, 6.45) is 3.37. The van der Waals surface area contributed by atoms with E-state index in [1.165, 1.54) is 0 Å². The maximum Gasteiger partial charge on any atom is 0.254 e. The highest BCUT2D eigenvalue weighted by Gasteiger charge is 2.29. The molecule has 1 amide bonds. The van der Waals surface area contributed by atoms with Crippen LogP contribution in [0.2, 0.25) is 0 Å². The molecule has 1 aliphatic heterocycles. The molecule has 0 radical (unpaired) electrons. The maximum absolute atomic E-state index is 13.0. The number of benzene rings is 2. The number of fused-ring (bicyclic) bond motifs is 1. The SMILES string of the molecule is COc1ncccc1-c1ccc(O)c(-c2nc3ccc(C(=O)N4CCC[C@H]4CO)cc3[nH]2)c1. The molecule has 0 spiro atoms. The van der Waals surface area contributed by atoms with Gasteiger partial charge >= 0.3 is 0 Å². The summed E-state index contributed by atoms with van der Waals surface area (Å²) in [5.74, 6) is 0.967. The monoisotopic (exact) mass is 444 g/mol. The van der Waals surface area contributed by atoms with Gasteiger partial charge < -0.3 is 24.8 Å². The second-order valence-electron chi connectivity index (χ2n) is 8.09. The number of methoxy groups -OCH3 is 1. The highest BCUT2D eigenvalue weighted by molar-refractivity contribution is 5.98. The first-order valence-corrected chi connectivity index (χ1v) is 10.8. The Morgan fingerprint density at radius 1 is 1.21 bits per heavy atom. The number of rotatable bonds is 5. The Bertz CT molecular complexity index is 1330. The van der Waals surface area contributed by atoms with Crippen LogP contribution in [0.25, 0.3) is 33.5 Å². The number of nitrogens with one attached hydrogen (secondary N) is 1. The maximum atomic E-state index is 13.0. The Labute approximate surface area is 190 Å². The molecule has 8 heteroatoms. The number of likely N-dealkylation sites (tertiary alicyclic amines) is 1. The molecular formula is C25H24N4O4. The van der Waals surface area contributed by atoms with Crippen molar-refractivity contribution in [1.82, 2.24) is 19.9 Å². The van der Waals surface area contributed by atoms with Gasteiger partial charge in [0.25, 0.3) is 5.91 Å². The number of hydrogen-bond acceptors (Lipinski definition) is 6. The number of phenols is 1. The van der Waals surface area contributed by atoms with Gasteiger partial charge in [0.2, 0.25) is 5.88 Å². The van der Waals surface area contributed by atoms with Crippen molar-refractivity contribution >= 4 is 16.9 Å². The molecule has 0 aliphatic carbocycles. The number of ether oxygens (including phenoxy) is 1. The van der Waals surface area contributed by atoms with Crippen LogP contribution >= 0.6 is 0 Å². The lowest BCUT2D eigenvalue weighted by atomic mass is 10.0. The number of phenolic OH excluding ortho intramolecular Hbond substituents is 1. The van der Waals surface area contributed by atoms with Crippen molar-refractivity contribution in [3.8, 4) is 34.1 Å². The normalized spacial score (nSPS) is 15.8. The Balaban J connectivity index is 1.51. The number of aliphatic hydroxyl groups excluding tert-OH is 1. The summed E-state index contributed by atoms with van der Waals surface area (Å²) in [4.78, 5) is 26.8. The van der Waals surface area contributed by atoms with Crippen LogP contribution in [0.4, 0.5) is 0 Å². The molecule has 33 heavy (non-hydrogen) atoms. The third kappa shape index (κ3) is 3.78. The molecule has 8 nitrogen and oxygen atoms in total. The van der Waals surface area contributed by atoms with Crippen LogP contribution in [0.1, 0.15) is 23.2 Å². The molecule has 1 fully saturated rings. The highest BCUT2D eigenvalue weighted by Crippen LogP contribution is 2.35. The molecule has 1 saturated heterocycles. The molecule has 2 aromatic carbocycles. The van der Waals surface area contributed by atoms with Crippen LogP contribution in [0, 0.1) is 0 Å². The summed E-state index contributed by atoms with van der Waals surface area (Å²) < 4.78 is 5.37. The minimum Gasteiger partial charge on any atom is -0.507 e. The molecule has 1 aliphatic rings. The third-order valence-electron chi connectivity index (χ3n) is 6.10. The highest BCUT2D eigenvalue weighted by atomic mass is 16.5. The van der Waals surface area contributed by atoms with Crippen molar-refractivity contribution in [2.75, 3.05) is 20.3 Å². The van der Waals surface area contributed by atoms with E-state index in [0.29, 0.717) is 40.4 Å². The lowest BCUT2D eigenvalue weighted by Gasteiger charge is -2.23. The largest absolute Gasteiger partial charge is 0.507 e. The number of imidazole rings is 1. The molecule has 0 unspecified atom stereocenters. The summed E-state index contributed by atoms with van der Waals surface area (Å²) >= 11 is 0. The van der Waals surface area contributed by atoms with Gasteiger partial charge in [-0.1, -0.05) is 6.07 Å². The lowest BCUT2D eigenvalue weighted by Crippen LogP contribution is -2.37. The van der Waals surface area contributed by atoms with Gasteiger partial charge in [0, 0.05) is 23.9 Å². The fourth-order valence-corrected chi connectivity index (χ4v) is 4.40. The van der Waals surface area contributed by atoms with E-state index in [-0.39, 0.29) is 24.3 Å². The quantitative estimate of drug-likeness (QED) is 0.434. The average Bonchev–Trinajstić information content (AvgIpc) is 3.50. The predicted molar refractivity (Wildman–Crippen MR) is 124 cm³/mol. The second-order valence-corrected chi connectivity index (χ2v) is 8.09. The zero-order valence-electron chi connectivity index (χ0n) is 18.2. The number of carbonyl (C=O) groups excluding carboxylic acids is 1.